The lowest BCUT2D eigenvalue weighted by molar-refractivity contribution is -0.138. The van der Waals surface area contributed by atoms with Crippen LogP contribution in [0.5, 0.6) is 0 Å². The highest BCUT2D eigenvalue weighted by atomic mass is 16.3. The Bertz CT molecular complexity index is 938. The molecule has 1 aromatic carbocycles. The van der Waals surface area contributed by atoms with Crippen LogP contribution in [0.15, 0.2) is 54.1 Å². The van der Waals surface area contributed by atoms with Crippen LogP contribution in [0.25, 0.3) is 0 Å². The number of likely N-dealkylation sites (N-methyl/N-ethyl adjacent to an activating group) is 1. The van der Waals surface area contributed by atoms with Gasteiger partial charge in [-0.05, 0) is 47.8 Å². The maximum atomic E-state index is 12.9. The third-order valence-corrected chi connectivity index (χ3v) is 7.86. The number of aliphatic hydroxyl groups is 1. The summed E-state index contributed by atoms with van der Waals surface area (Å²) in [5.74, 6) is 0.117. The minimum Gasteiger partial charge on any atom is -0.387 e. The van der Waals surface area contributed by atoms with E-state index in [1.165, 1.54) is 18.4 Å². The number of hydrogen-bond donors (Lipinski definition) is 2. The molecule has 2 amide bonds. The first-order chi connectivity index (χ1) is 14.3. The van der Waals surface area contributed by atoms with Crippen LogP contribution in [0.4, 0.5) is 5.69 Å². The predicted molar refractivity (Wildman–Crippen MR) is 114 cm³/mol. The fraction of sp³-hybridized carbons (Fsp3) is 0.500. The van der Waals surface area contributed by atoms with Gasteiger partial charge in [-0.25, -0.2) is 5.01 Å². The zero-order valence-electron chi connectivity index (χ0n) is 17.7. The first-order valence-electron chi connectivity index (χ1n) is 10.8. The van der Waals surface area contributed by atoms with E-state index in [1.54, 1.807) is 11.1 Å². The highest BCUT2D eigenvalue weighted by Gasteiger charge is 2.54. The van der Waals surface area contributed by atoms with Crippen LogP contribution >= 0.6 is 0 Å². The lowest BCUT2D eigenvalue weighted by Crippen LogP contribution is -2.58. The molecule has 30 heavy (non-hydrogen) atoms. The first kappa shape index (κ1) is 19.5. The summed E-state index contributed by atoms with van der Waals surface area (Å²) in [6.45, 7) is 4.61. The molecule has 6 nitrogen and oxygen atoms in total. The molecule has 0 spiro atoms. The predicted octanol–water partition coefficient (Wildman–Crippen LogP) is 2.59. The van der Waals surface area contributed by atoms with Gasteiger partial charge < -0.3 is 10.5 Å². The average Bonchev–Trinajstić information content (AvgIpc) is 2.98. The Morgan fingerprint density at radius 2 is 1.87 bits per heavy atom. The van der Waals surface area contributed by atoms with E-state index in [9.17, 15) is 14.7 Å². The minimum absolute atomic E-state index is 0.200. The number of benzene rings is 1. The molecule has 2 aliphatic heterocycles. The minimum atomic E-state index is -0.728. The fourth-order valence-corrected chi connectivity index (χ4v) is 5.61. The Morgan fingerprint density at radius 3 is 2.50 bits per heavy atom. The van der Waals surface area contributed by atoms with Gasteiger partial charge in [0.25, 0.3) is 0 Å². The number of nitrogens with zero attached hydrogens (tertiary/aromatic N) is 2. The summed E-state index contributed by atoms with van der Waals surface area (Å²) in [4.78, 5) is 26.7. The molecule has 6 rings (SSSR count). The number of nitrogens with one attached hydrogen (secondary N) is 1. The van der Waals surface area contributed by atoms with Crippen LogP contribution in [0.2, 0.25) is 0 Å². The third kappa shape index (κ3) is 2.77. The van der Waals surface area contributed by atoms with Crippen molar-refractivity contribution < 1.29 is 14.7 Å². The molecule has 2 N–H and O–H groups in total. The average molecular weight is 408 g/mol. The fourth-order valence-electron chi connectivity index (χ4n) is 5.61. The van der Waals surface area contributed by atoms with Gasteiger partial charge in [-0.3, -0.25) is 14.5 Å². The van der Waals surface area contributed by atoms with E-state index in [-0.39, 0.29) is 11.8 Å². The summed E-state index contributed by atoms with van der Waals surface area (Å²) < 4.78 is 0. The van der Waals surface area contributed by atoms with Crippen LogP contribution in [0, 0.1) is 23.2 Å². The summed E-state index contributed by atoms with van der Waals surface area (Å²) in [7, 11) is 1.53. The molecule has 6 heteroatoms. The SMILES string of the molecule is CN1C(=O)C2C=CC(C(O)C3=C[C@@H]4C[C@@H](C3)C4(C)C)N(Nc3ccccc3)C2C1=O. The number of hydrogen-bond acceptors (Lipinski definition) is 5. The lowest BCUT2D eigenvalue weighted by Gasteiger charge is -2.56. The Kier molecular flexibility index (Phi) is 4.42. The van der Waals surface area contributed by atoms with Gasteiger partial charge in [0.2, 0.25) is 11.8 Å². The molecule has 2 bridgehead atoms. The maximum absolute atomic E-state index is 12.9. The van der Waals surface area contributed by atoms with Crippen molar-refractivity contribution in [1.29, 1.82) is 0 Å². The Balaban J connectivity index is 1.48. The standard InChI is InChI=1S/C24H29N3O3/c1-24(2)15-11-14(12-16(24)13-15)21(28)19-10-9-18-20(23(30)26(3)22(18)29)27(19)25-17-7-5-4-6-8-17/h4-11,15-16,18-21,25,28H,12-13H2,1-3H3/t15-,16-,18?,19?,20?,21?/m1/s1. The Labute approximate surface area is 177 Å². The van der Waals surface area contributed by atoms with Crippen LogP contribution in [-0.2, 0) is 9.59 Å². The number of anilines is 1. The largest absolute Gasteiger partial charge is 0.387 e. The van der Waals surface area contributed by atoms with Crippen LogP contribution in [0.3, 0.4) is 0 Å². The van der Waals surface area contributed by atoms with Crippen molar-refractivity contribution in [2.45, 2.75) is 44.9 Å². The van der Waals surface area contributed by atoms with E-state index in [0.29, 0.717) is 17.3 Å². The number of likely N-dealkylation sites (tertiary alicyclic amines) is 1. The highest BCUT2D eigenvalue weighted by Crippen LogP contribution is 2.58. The number of carbonyl (C=O) groups excluding carboxylic acids is 2. The summed E-state index contributed by atoms with van der Waals surface area (Å²) in [6, 6.07) is 8.49. The van der Waals surface area contributed by atoms with Crippen molar-refractivity contribution in [3.05, 3.63) is 54.1 Å². The molecular formula is C24H29N3O3. The molecule has 2 fully saturated rings. The Morgan fingerprint density at radius 1 is 1.13 bits per heavy atom. The molecule has 6 atom stereocenters. The number of amides is 2. The monoisotopic (exact) mass is 407 g/mol. The summed E-state index contributed by atoms with van der Waals surface area (Å²) in [6.07, 6.45) is 7.29. The number of para-hydroxylation sites is 1. The second kappa shape index (κ2) is 6.79. The van der Waals surface area contributed by atoms with Gasteiger partial charge >= 0.3 is 0 Å². The zero-order chi connectivity index (χ0) is 21.2. The topological polar surface area (TPSA) is 72.9 Å². The second-order valence-corrected chi connectivity index (χ2v) is 9.72. The van der Waals surface area contributed by atoms with E-state index in [2.05, 4.69) is 25.3 Å². The van der Waals surface area contributed by atoms with E-state index in [4.69, 9.17) is 0 Å². The van der Waals surface area contributed by atoms with Gasteiger partial charge in [0.15, 0.2) is 0 Å². The highest BCUT2D eigenvalue weighted by molar-refractivity contribution is 6.08. The number of fused-ring (bicyclic) bond motifs is 2. The number of imide groups is 1. The molecule has 1 aromatic rings. The van der Waals surface area contributed by atoms with Gasteiger partial charge in [-0.2, -0.15) is 0 Å². The molecule has 2 heterocycles. The molecule has 4 unspecified atom stereocenters. The normalized spacial score (nSPS) is 35.5. The van der Waals surface area contributed by atoms with E-state index >= 15 is 0 Å². The molecule has 0 aromatic heterocycles. The lowest BCUT2D eigenvalue weighted by atomic mass is 9.49. The number of allylic oxidation sites excluding steroid dienone is 1. The quantitative estimate of drug-likeness (QED) is 0.593. The van der Waals surface area contributed by atoms with E-state index in [1.807, 2.05) is 36.4 Å². The van der Waals surface area contributed by atoms with Crippen LogP contribution in [0.1, 0.15) is 26.7 Å². The van der Waals surface area contributed by atoms with Gasteiger partial charge in [-0.15, -0.1) is 0 Å². The molecule has 1 saturated heterocycles. The molecule has 3 aliphatic carbocycles. The number of rotatable bonds is 4. The number of hydrazine groups is 1. The number of aliphatic hydroxyl groups excluding tert-OH is 1. The summed E-state index contributed by atoms with van der Waals surface area (Å²) in [5, 5.41) is 13.2. The zero-order valence-corrected chi connectivity index (χ0v) is 17.7. The van der Waals surface area contributed by atoms with Gasteiger partial charge in [0, 0.05) is 12.7 Å². The number of carbonyl (C=O) groups is 2. The smallest absolute Gasteiger partial charge is 0.249 e. The maximum Gasteiger partial charge on any atom is 0.249 e. The molecule has 5 aliphatic rings. The van der Waals surface area contributed by atoms with Crippen molar-refractivity contribution in [2.24, 2.45) is 23.2 Å². The van der Waals surface area contributed by atoms with Crippen molar-refractivity contribution in [3.8, 4) is 0 Å². The Hall–Kier alpha value is -2.44. The van der Waals surface area contributed by atoms with Crippen molar-refractivity contribution >= 4 is 17.5 Å². The summed E-state index contributed by atoms with van der Waals surface area (Å²) >= 11 is 0. The van der Waals surface area contributed by atoms with Crippen molar-refractivity contribution in [1.82, 2.24) is 9.91 Å². The first-order valence-corrected chi connectivity index (χ1v) is 10.8. The van der Waals surface area contributed by atoms with Gasteiger partial charge in [0.05, 0.1) is 18.1 Å². The van der Waals surface area contributed by atoms with E-state index < -0.39 is 24.1 Å². The van der Waals surface area contributed by atoms with Gasteiger partial charge in [-0.1, -0.05) is 50.3 Å². The molecule has 158 valence electrons. The molecule has 0 radical (unpaired) electrons. The van der Waals surface area contributed by atoms with Gasteiger partial charge in [0.1, 0.15) is 6.04 Å². The van der Waals surface area contributed by atoms with E-state index in [0.717, 1.165) is 17.7 Å². The third-order valence-electron chi connectivity index (χ3n) is 7.86. The van der Waals surface area contributed by atoms with Crippen LogP contribution in [-0.4, -0.2) is 52.1 Å². The molecular weight excluding hydrogens is 378 g/mol. The van der Waals surface area contributed by atoms with Crippen molar-refractivity contribution in [2.75, 3.05) is 12.5 Å². The second-order valence-electron chi connectivity index (χ2n) is 9.72. The van der Waals surface area contributed by atoms with Crippen LogP contribution < -0.4 is 5.43 Å². The molecule has 1 saturated carbocycles. The summed E-state index contributed by atoms with van der Waals surface area (Å²) in [5.41, 5.74) is 5.50. The van der Waals surface area contributed by atoms with Crippen molar-refractivity contribution in [3.63, 3.8) is 0 Å².